The molecule has 0 aromatic heterocycles. The average molecular weight is 395 g/mol. The molecule has 3 amide bonds. The second-order valence-corrected chi connectivity index (χ2v) is 7.76. The first kappa shape index (κ1) is 20.7. The molecule has 0 saturated carbocycles. The molecular weight excluding hydrogens is 364 g/mol. The fourth-order valence-corrected chi connectivity index (χ4v) is 3.32. The Morgan fingerprint density at radius 1 is 0.966 bits per heavy atom. The van der Waals surface area contributed by atoms with Crippen molar-refractivity contribution >= 4 is 23.3 Å². The highest BCUT2D eigenvalue weighted by atomic mass is 16.2. The van der Waals surface area contributed by atoms with Crippen LogP contribution in [-0.2, 0) is 0 Å². The molecule has 1 fully saturated rings. The van der Waals surface area contributed by atoms with Gasteiger partial charge in [0.25, 0.3) is 5.91 Å². The zero-order valence-corrected chi connectivity index (χ0v) is 17.2. The minimum absolute atomic E-state index is 0.113. The molecule has 0 aliphatic carbocycles. The Hall–Kier alpha value is -3.02. The lowest BCUT2D eigenvalue weighted by Gasteiger charge is -2.36. The molecule has 2 N–H and O–H groups in total. The molecule has 29 heavy (non-hydrogen) atoms. The van der Waals surface area contributed by atoms with Crippen LogP contribution < -0.4 is 15.5 Å². The lowest BCUT2D eigenvalue weighted by Crippen LogP contribution is -2.50. The highest BCUT2D eigenvalue weighted by Gasteiger charge is 2.21. The van der Waals surface area contributed by atoms with Gasteiger partial charge >= 0.3 is 6.03 Å². The van der Waals surface area contributed by atoms with Crippen LogP contribution in [0.1, 0.15) is 30.6 Å². The lowest BCUT2D eigenvalue weighted by atomic mass is 10.1. The molecule has 0 spiro atoms. The summed E-state index contributed by atoms with van der Waals surface area (Å²) in [7, 11) is 0. The van der Waals surface area contributed by atoms with E-state index in [4.69, 9.17) is 0 Å². The molecule has 3 rings (SSSR count). The molecule has 0 bridgehead atoms. The van der Waals surface area contributed by atoms with Crippen LogP contribution in [0.2, 0.25) is 0 Å². The molecule has 154 valence electrons. The minimum atomic E-state index is -0.130. The molecule has 1 aliphatic heterocycles. The number of carbonyl (C=O) groups is 2. The molecule has 6 heteroatoms. The van der Waals surface area contributed by atoms with Gasteiger partial charge in [-0.3, -0.25) is 4.79 Å². The topological polar surface area (TPSA) is 64.7 Å². The Kier molecular flexibility index (Phi) is 7.11. The standard InChI is InChI=1S/C23H30N4O2/c1-18(2)11-12-24-22(28)19-7-6-8-20(17-19)25-23(29)27-15-13-26(14-16-27)21-9-4-3-5-10-21/h3-10,17-18H,11-16H2,1-2H3,(H,24,28)(H,25,29). The van der Waals surface area contributed by atoms with Crippen molar-refractivity contribution in [3.8, 4) is 0 Å². The Labute approximate surface area is 172 Å². The zero-order valence-electron chi connectivity index (χ0n) is 17.2. The zero-order chi connectivity index (χ0) is 20.6. The van der Waals surface area contributed by atoms with Crippen LogP contribution in [0.4, 0.5) is 16.2 Å². The van der Waals surface area contributed by atoms with Crippen molar-refractivity contribution in [3.05, 3.63) is 60.2 Å². The van der Waals surface area contributed by atoms with E-state index in [1.165, 1.54) is 5.69 Å². The fourth-order valence-electron chi connectivity index (χ4n) is 3.32. The van der Waals surface area contributed by atoms with E-state index in [1.54, 1.807) is 18.2 Å². The molecule has 0 atom stereocenters. The van der Waals surface area contributed by atoms with Gasteiger partial charge in [0.15, 0.2) is 0 Å². The van der Waals surface area contributed by atoms with Crippen molar-refractivity contribution in [2.45, 2.75) is 20.3 Å². The van der Waals surface area contributed by atoms with Gasteiger partial charge in [0.1, 0.15) is 0 Å². The van der Waals surface area contributed by atoms with E-state index in [1.807, 2.05) is 29.2 Å². The number of anilines is 2. The Morgan fingerprint density at radius 2 is 1.69 bits per heavy atom. The molecule has 0 radical (unpaired) electrons. The van der Waals surface area contributed by atoms with Crippen LogP contribution in [0.15, 0.2) is 54.6 Å². The summed E-state index contributed by atoms with van der Waals surface area (Å²) in [5.41, 5.74) is 2.38. The predicted octanol–water partition coefficient (Wildman–Crippen LogP) is 3.82. The third-order valence-corrected chi connectivity index (χ3v) is 5.07. The highest BCUT2D eigenvalue weighted by molar-refractivity contribution is 5.96. The third kappa shape index (κ3) is 5.98. The van der Waals surface area contributed by atoms with E-state index in [2.05, 4.69) is 41.5 Å². The maximum Gasteiger partial charge on any atom is 0.321 e. The number of benzene rings is 2. The van der Waals surface area contributed by atoms with E-state index in [-0.39, 0.29) is 11.9 Å². The van der Waals surface area contributed by atoms with Crippen LogP contribution in [0.25, 0.3) is 0 Å². The van der Waals surface area contributed by atoms with Crippen LogP contribution in [0.3, 0.4) is 0 Å². The maximum atomic E-state index is 12.6. The number of piperazine rings is 1. The fraction of sp³-hybridized carbons (Fsp3) is 0.391. The number of carbonyl (C=O) groups excluding carboxylic acids is 2. The van der Waals surface area contributed by atoms with Crippen molar-refractivity contribution in [2.24, 2.45) is 5.92 Å². The normalized spacial score (nSPS) is 14.0. The van der Waals surface area contributed by atoms with Crippen LogP contribution in [0, 0.1) is 5.92 Å². The Balaban J connectivity index is 1.51. The van der Waals surface area contributed by atoms with E-state index < -0.39 is 0 Å². The predicted molar refractivity (Wildman–Crippen MR) is 117 cm³/mol. The number of nitrogens with zero attached hydrogens (tertiary/aromatic N) is 2. The van der Waals surface area contributed by atoms with Gasteiger partial charge in [-0.2, -0.15) is 0 Å². The molecule has 1 heterocycles. The summed E-state index contributed by atoms with van der Waals surface area (Å²) < 4.78 is 0. The van der Waals surface area contributed by atoms with E-state index in [0.717, 1.165) is 19.5 Å². The molecule has 2 aromatic carbocycles. The quantitative estimate of drug-likeness (QED) is 0.783. The summed E-state index contributed by atoms with van der Waals surface area (Å²) in [4.78, 5) is 29.0. The van der Waals surface area contributed by atoms with Crippen LogP contribution >= 0.6 is 0 Å². The second-order valence-electron chi connectivity index (χ2n) is 7.76. The van der Waals surface area contributed by atoms with Crippen molar-refractivity contribution in [3.63, 3.8) is 0 Å². The number of nitrogens with one attached hydrogen (secondary N) is 2. The molecule has 2 aromatic rings. The highest BCUT2D eigenvalue weighted by Crippen LogP contribution is 2.17. The van der Waals surface area contributed by atoms with E-state index in [9.17, 15) is 9.59 Å². The van der Waals surface area contributed by atoms with Gasteiger partial charge in [-0.1, -0.05) is 38.1 Å². The molecule has 1 saturated heterocycles. The van der Waals surface area contributed by atoms with Crippen molar-refractivity contribution in [2.75, 3.05) is 42.9 Å². The van der Waals surface area contributed by atoms with Gasteiger partial charge < -0.3 is 20.4 Å². The maximum absolute atomic E-state index is 12.6. The number of hydrogen-bond donors (Lipinski definition) is 2. The smallest absolute Gasteiger partial charge is 0.321 e. The first-order chi connectivity index (χ1) is 14.0. The lowest BCUT2D eigenvalue weighted by molar-refractivity contribution is 0.0952. The summed E-state index contributed by atoms with van der Waals surface area (Å²) in [5.74, 6) is 0.432. The van der Waals surface area contributed by atoms with E-state index >= 15 is 0 Å². The summed E-state index contributed by atoms with van der Waals surface area (Å²) in [6.45, 7) is 7.83. The number of rotatable bonds is 6. The largest absolute Gasteiger partial charge is 0.368 e. The van der Waals surface area contributed by atoms with Crippen molar-refractivity contribution in [1.29, 1.82) is 0 Å². The van der Waals surface area contributed by atoms with Gasteiger partial charge in [0, 0.05) is 49.7 Å². The minimum Gasteiger partial charge on any atom is -0.368 e. The molecule has 0 unspecified atom stereocenters. The molecule has 1 aliphatic rings. The number of urea groups is 1. The van der Waals surface area contributed by atoms with E-state index in [0.29, 0.717) is 36.8 Å². The van der Waals surface area contributed by atoms with Crippen LogP contribution in [-0.4, -0.2) is 49.6 Å². The van der Waals surface area contributed by atoms with Gasteiger partial charge in [-0.25, -0.2) is 4.79 Å². The second kappa shape index (κ2) is 9.96. The van der Waals surface area contributed by atoms with Gasteiger partial charge in [0.2, 0.25) is 0 Å². The van der Waals surface area contributed by atoms with Gasteiger partial charge in [-0.05, 0) is 42.7 Å². The molecular formula is C23H30N4O2. The summed E-state index contributed by atoms with van der Waals surface area (Å²) in [6, 6.07) is 17.2. The van der Waals surface area contributed by atoms with Gasteiger partial charge in [0.05, 0.1) is 0 Å². The summed E-state index contributed by atoms with van der Waals surface area (Å²) >= 11 is 0. The Morgan fingerprint density at radius 3 is 2.38 bits per heavy atom. The number of amides is 3. The van der Waals surface area contributed by atoms with Crippen molar-refractivity contribution in [1.82, 2.24) is 10.2 Å². The molecule has 6 nitrogen and oxygen atoms in total. The number of hydrogen-bond acceptors (Lipinski definition) is 3. The summed E-state index contributed by atoms with van der Waals surface area (Å²) in [5, 5.41) is 5.85. The SMILES string of the molecule is CC(C)CCNC(=O)c1cccc(NC(=O)N2CCN(c3ccccc3)CC2)c1. The first-order valence-corrected chi connectivity index (χ1v) is 10.3. The monoisotopic (exact) mass is 394 g/mol. The first-order valence-electron chi connectivity index (χ1n) is 10.3. The van der Waals surface area contributed by atoms with Crippen LogP contribution in [0.5, 0.6) is 0 Å². The third-order valence-electron chi connectivity index (χ3n) is 5.07. The average Bonchev–Trinajstić information content (AvgIpc) is 2.74. The Bertz CT molecular complexity index is 815. The van der Waals surface area contributed by atoms with Crippen molar-refractivity contribution < 1.29 is 9.59 Å². The summed E-state index contributed by atoms with van der Waals surface area (Å²) in [6.07, 6.45) is 0.942. The number of para-hydroxylation sites is 1. The van der Waals surface area contributed by atoms with Gasteiger partial charge in [-0.15, -0.1) is 0 Å².